The summed E-state index contributed by atoms with van der Waals surface area (Å²) in [4.78, 5) is 20.8. The van der Waals surface area contributed by atoms with Crippen molar-refractivity contribution in [3.05, 3.63) is 30.4 Å². The molecule has 27 heavy (non-hydrogen) atoms. The van der Waals surface area contributed by atoms with E-state index in [4.69, 9.17) is 4.74 Å². The lowest BCUT2D eigenvalue weighted by Gasteiger charge is -2.57. The lowest BCUT2D eigenvalue weighted by atomic mass is 9.48. The summed E-state index contributed by atoms with van der Waals surface area (Å²) in [5.74, 6) is 2.00. The van der Waals surface area contributed by atoms with E-state index in [1.807, 2.05) is 6.20 Å². The molecular weight excluding hydrogens is 338 g/mol. The zero-order valence-electron chi connectivity index (χ0n) is 16.3. The average molecular weight is 367 g/mol. The standard InChI is InChI=1S/C22H29N3O2/c1-21-8-7-16-14(3-6-19-22(16,2)9-10-25-20(26)27-19)15(21)4-5-17(21)18-13-23-11-12-24-18/h5,11-16,19H,3-4,6-10H2,1-2H3,(H,25,26). The van der Waals surface area contributed by atoms with E-state index < -0.39 is 0 Å². The van der Waals surface area contributed by atoms with Crippen LogP contribution in [0.2, 0.25) is 0 Å². The number of nitrogens with one attached hydrogen (secondary N) is 1. The fourth-order valence-electron chi connectivity index (χ4n) is 6.97. The maximum Gasteiger partial charge on any atom is 0.407 e. The number of carbonyl (C=O) groups is 1. The highest BCUT2D eigenvalue weighted by Crippen LogP contribution is 2.65. The lowest BCUT2D eigenvalue weighted by Crippen LogP contribution is -2.54. The third kappa shape index (κ3) is 2.46. The smallest absolute Gasteiger partial charge is 0.407 e. The van der Waals surface area contributed by atoms with Crippen LogP contribution in [0, 0.1) is 28.6 Å². The topological polar surface area (TPSA) is 64.1 Å². The fourth-order valence-corrected chi connectivity index (χ4v) is 6.97. The molecule has 5 heteroatoms. The predicted octanol–water partition coefficient (Wildman–Crippen LogP) is 4.21. The van der Waals surface area contributed by atoms with E-state index >= 15 is 0 Å². The van der Waals surface area contributed by atoms with Crippen LogP contribution in [-0.4, -0.2) is 28.7 Å². The van der Waals surface area contributed by atoms with E-state index in [0.29, 0.717) is 17.8 Å². The first-order valence-electron chi connectivity index (χ1n) is 10.4. The van der Waals surface area contributed by atoms with Crippen LogP contribution >= 0.6 is 0 Å². The summed E-state index contributed by atoms with van der Waals surface area (Å²) >= 11 is 0. The Bertz CT molecular complexity index is 779. The molecule has 6 atom stereocenters. The highest BCUT2D eigenvalue weighted by atomic mass is 16.6. The number of nitrogens with zero attached hydrogens (tertiary/aromatic N) is 2. The third-order valence-electron chi connectivity index (χ3n) is 8.38. The van der Waals surface area contributed by atoms with E-state index in [1.54, 1.807) is 12.4 Å². The Hall–Kier alpha value is -1.91. The van der Waals surface area contributed by atoms with Crippen molar-refractivity contribution in [2.75, 3.05) is 6.54 Å². The van der Waals surface area contributed by atoms with Crippen molar-refractivity contribution < 1.29 is 9.53 Å². The van der Waals surface area contributed by atoms with E-state index in [2.05, 4.69) is 35.2 Å². The number of ether oxygens (including phenoxy) is 1. The molecule has 5 rings (SSSR count). The Kier molecular flexibility index (Phi) is 3.85. The number of hydrogen-bond donors (Lipinski definition) is 1. The summed E-state index contributed by atoms with van der Waals surface area (Å²) in [6.45, 7) is 5.56. The molecule has 0 bridgehead atoms. The van der Waals surface area contributed by atoms with Crippen molar-refractivity contribution in [3.8, 4) is 0 Å². The van der Waals surface area contributed by atoms with Crippen molar-refractivity contribution >= 4 is 11.7 Å². The molecule has 1 N–H and O–H groups in total. The molecule has 1 amide bonds. The summed E-state index contributed by atoms with van der Waals surface area (Å²) in [5.41, 5.74) is 2.74. The van der Waals surface area contributed by atoms with Crippen LogP contribution < -0.4 is 5.32 Å². The van der Waals surface area contributed by atoms with Crippen LogP contribution in [-0.2, 0) is 4.74 Å². The van der Waals surface area contributed by atoms with Gasteiger partial charge in [-0.2, -0.15) is 0 Å². The quantitative estimate of drug-likeness (QED) is 0.807. The molecule has 2 saturated carbocycles. The highest BCUT2D eigenvalue weighted by Gasteiger charge is 2.59. The molecule has 4 aliphatic rings. The Morgan fingerprint density at radius 2 is 2.04 bits per heavy atom. The van der Waals surface area contributed by atoms with Gasteiger partial charge in [0.05, 0.1) is 11.9 Å². The number of rotatable bonds is 1. The second-order valence-electron chi connectivity index (χ2n) is 9.43. The zero-order chi connectivity index (χ0) is 18.6. The van der Waals surface area contributed by atoms with Gasteiger partial charge in [-0.05, 0) is 67.3 Å². The molecule has 1 aromatic rings. The van der Waals surface area contributed by atoms with E-state index in [-0.39, 0.29) is 23.0 Å². The van der Waals surface area contributed by atoms with Crippen LogP contribution in [0.15, 0.2) is 24.7 Å². The summed E-state index contributed by atoms with van der Waals surface area (Å²) in [6.07, 6.45) is 14.5. The van der Waals surface area contributed by atoms with E-state index in [1.165, 1.54) is 24.8 Å². The molecule has 144 valence electrons. The molecule has 3 fully saturated rings. The minimum atomic E-state index is -0.227. The minimum absolute atomic E-state index is 0.0689. The average Bonchev–Trinajstić information content (AvgIpc) is 2.93. The SMILES string of the molecule is CC12CCC3C(CCC4OC(=O)NCCC43C)C1CC=C2c1cnccn1. The number of fused-ring (bicyclic) bond motifs is 5. The number of carbonyl (C=O) groups excluding carboxylic acids is 1. The van der Waals surface area contributed by atoms with Crippen LogP contribution in [0.1, 0.15) is 58.1 Å². The lowest BCUT2D eigenvalue weighted by molar-refractivity contribution is -0.113. The number of allylic oxidation sites excluding steroid dienone is 2. The molecule has 5 nitrogen and oxygen atoms in total. The predicted molar refractivity (Wildman–Crippen MR) is 103 cm³/mol. The maximum absolute atomic E-state index is 11.9. The van der Waals surface area contributed by atoms with Gasteiger partial charge in [0.1, 0.15) is 6.10 Å². The first kappa shape index (κ1) is 17.2. The van der Waals surface area contributed by atoms with E-state index in [9.17, 15) is 4.79 Å². The Balaban J connectivity index is 1.45. The highest BCUT2D eigenvalue weighted by molar-refractivity contribution is 5.70. The second-order valence-corrected chi connectivity index (χ2v) is 9.43. The summed E-state index contributed by atoms with van der Waals surface area (Å²) in [7, 11) is 0. The molecular formula is C22H29N3O2. The van der Waals surface area contributed by atoms with Gasteiger partial charge in [0.25, 0.3) is 0 Å². The minimum Gasteiger partial charge on any atom is -0.446 e. The first-order chi connectivity index (χ1) is 13.0. The van der Waals surface area contributed by atoms with Gasteiger partial charge in [-0.15, -0.1) is 0 Å². The molecule has 0 spiro atoms. The molecule has 2 heterocycles. The van der Waals surface area contributed by atoms with Crippen LogP contribution in [0.3, 0.4) is 0 Å². The number of alkyl carbamates (subject to hydrolysis) is 1. The number of aromatic nitrogens is 2. The Labute approximate surface area is 161 Å². The van der Waals surface area contributed by atoms with Gasteiger partial charge in [0.2, 0.25) is 0 Å². The maximum atomic E-state index is 11.9. The van der Waals surface area contributed by atoms with Crippen molar-refractivity contribution in [1.29, 1.82) is 0 Å². The molecule has 1 saturated heterocycles. The van der Waals surface area contributed by atoms with Gasteiger partial charge in [0.15, 0.2) is 0 Å². The van der Waals surface area contributed by atoms with Gasteiger partial charge < -0.3 is 10.1 Å². The number of amides is 1. The van der Waals surface area contributed by atoms with Crippen LogP contribution in [0.5, 0.6) is 0 Å². The van der Waals surface area contributed by atoms with Gasteiger partial charge in [0, 0.05) is 24.4 Å². The van der Waals surface area contributed by atoms with Crippen molar-refractivity contribution in [2.45, 2.75) is 58.5 Å². The fraction of sp³-hybridized carbons (Fsp3) is 0.682. The second kappa shape index (κ2) is 6.05. The summed E-state index contributed by atoms with van der Waals surface area (Å²) in [6, 6.07) is 0. The summed E-state index contributed by atoms with van der Waals surface area (Å²) in [5, 5.41) is 2.92. The van der Waals surface area contributed by atoms with Crippen LogP contribution in [0.25, 0.3) is 5.57 Å². The first-order valence-corrected chi connectivity index (χ1v) is 10.4. The van der Waals surface area contributed by atoms with E-state index in [0.717, 1.165) is 31.5 Å². The van der Waals surface area contributed by atoms with Crippen molar-refractivity contribution in [2.24, 2.45) is 28.6 Å². The molecule has 1 aliphatic heterocycles. The molecule has 0 aromatic carbocycles. The van der Waals surface area contributed by atoms with Crippen molar-refractivity contribution in [3.63, 3.8) is 0 Å². The van der Waals surface area contributed by atoms with Gasteiger partial charge in [-0.25, -0.2) is 4.79 Å². The van der Waals surface area contributed by atoms with Crippen molar-refractivity contribution in [1.82, 2.24) is 15.3 Å². The van der Waals surface area contributed by atoms with Gasteiger partial charge in [-0.3, -0.25) is 9.97 Å². The third-order valence-corrected chi connectivity index (χ3v) is 8.38. The molecule has 3 aliphatic carbocycles. The molecule has 1 aromatic heterocycles. The Morgan fingerprint density at radius 1 is 1.15 bits per heavy atom. The Morgan fingerprint density at radius 3 is 2.85 bits per heavy atom. The largest absolute Gasteiger partial charge is 0.446 e. The van der Waals surface area contributed by atoms with Crippen LogP contribution in [0.4, 0.5) is 4.79 Å². The summed E-state index contributed by atoms with van der Waals surface area (Å²) < 4.78 is 5.81. The van der Waals surface area contributed by atoms with Gasteiger partial charge >= 0.3 is 6.09 Å². The molecule has 6 unspecified atom stereocenters. The number of hydrogen-bond acceptors (Lipinski definition) is 4. The zero-order valence-corrected chi connectivity index (χ0v) is 16.3. The van der Waals surface area contributed by atoms with Gasteiger partial charge in [-0.1, -0.05) is 19.9 Å². The normalized spacial score (nSPS) is 43.3. The monoisotopic (exact) mass is 367 g/mol. The molecule has 0 radical (unpaired) electrons.